The predicted octanol–water partition coefficient (Wildman–Crippen LogP) is 2.58. The Morgan fingerprint density at radius 2 is 2.26 bits per heavy atom. The number of halogens is 2. The van der Waals surface area contributed by atoms with E-state index < -0.39 is 0 Å². The number of carbonyl (C=O) groups excluding carboxylic acids is 1. The van der Waals surface area contributed by atoms with Crippen LogP contribution in [0.15, 0.2) is 18.2 Å². The van der Waals surface area contributed by atoms with Gasteiger partial charge in [0.25, 0.3) is 0 Å². The van der Waals surface area contributed by atoms with Crippen molar-refractivity contribution in [2.24, 2.45) is 0 Å². The Morgan fingerprint density at radius 3 is 2.84 bits per heavy atom. The van der Waals surface area contributed by atoms with E-state index >= 15 is 0 Å². The van der Waals surface area contributed by atoms with E-state index in [1.54, 1.807) is 17.0 Å². The van der Waals surface area contributed by atoms with Crippen molar-refractivity contribution < 1.29 is 9.18 Å². The Morgan fingerprint density at radius 1 is 1.53 bits per heavy atom. The Bertz CT molecular complexity index is 443. The van der Waals surface area contributed by atoms with Gasteiger partial charge < -0.3 is 10.2 Å². The molecule has 0 saturated heterocycles. The first-order valence-electron chi connectivity index (χ1n) is 6.50. The average Bonchev–Trinajstić information content (AvgIpc) is 3.20. The van der Waals surface area contributed by atoms with Crippen LogP contribution in [0.3, 0.4) is 0 Å². The molecular weight excluding hydrogens is 267 g/mol. The number of hydrogen-bond donors (Lipinski definition) is 1. The molecule has 1 saturated carbocycles. The maximum Gasteiger partial charge on any atom is 0.224 e. The third kappa shape index (κ3) is 3.67. The summed E-state index contributed by atoms with van der Waals surface area (Å²) >= 11 is 6.02. The molecule has 19 heavy (non-hydrogen) atoms. The highest BCUT2D eigenvalue weighted by Crippen LogP contribution is 2.31. The minimum atomic E-state index is -0.348. The third-order valence-electron chi connectivity index (χ3n) is 3.29. The fraction of sp³-hybridized carbons (Fsp3) is 0.500. The van der Waals surface area contributed by atoms with E-state index in [1.807, 2.05) is 7.05 Å². The zero-order chi connectivity index (χ0) is 13.8. The number of amides is 1. The molecule has 104 valence electrons. The molecule has 0 radical (unpaired) electrons. The van der Waals surface area contributed by atoms with Gasteiger partial charge in [-0.05, 0) is 32.0 Å². The molecule has 1 aromatic rings. The van der Waals surface area contributed by atoms with Gasteiger partial charge in [0, 0.05) is 29.6 Å². The van der Waals surface area contributed by atoms with Crippen LogP contribution in [0.5, 0.6) is 0 Å². The number of rotatable bonds is 6. The van der Waals surface area contributed by atoms with Crippen LogP contribution in [0.2, 0.25) is 5.02 Å². The number of hydrogen-bond acceptors (Lipinski definition) is 2. The van der Waals surface area contributed by atoms with Gasteiger partial charge >= 0.3 is 0 Å². The zero-order valence-electron chi connectivity index (χ0n) is 11.0. The molecule has 3 nitrogen and oxygen atoms in total. The molecule has 2 rings (SSSR count). The summed E-state index contributed by atoms with van der Waals surface area (Å²) in [4.78, 5) is 13.9. The fourth-order valence-electron chi connectivity index (χ4n) is 2.04. The molecule has 1 aliphatic rings. The average molecular weight is 285 g/mol. The molecule has 5 heteroatoms. The van der Waals surface area contributed by atoms with E-state index in [0.717, 1.165) is 12.8 Å². The summed E-state index contributed by atoms with van der Waals surface area (Å²) in [6.07, 6.45) is 2.42. The molecule has 0 bridgehead atoms. The van der Waals surface area contributed by atoms with Crippen molar-refractivity contribution in [2.75, 3.05) is 13.6 Å². The third-order valence-corrected chi connectivity index (χ3v) is 3.64. The summed E-state index contributed by atoms with van der Waals surface area (Å²) in [5, 5.41) is 3.33. The molecular formula is C14H18ClFN2O. The molecule has 0 aromatic heterocycles. The van der Waals surface area contributed by atoms with Gasteiger partial charge in [-0.15, -0.1) is 0 Å². The lowest BCUT2D eigenvalue weighted by Crippen LogP contribution is -2.34. The normalized spacial score (nSPS) is 14.5. The van der Waals surface area contributed by atoms with Crippen LogP contribution in [-0.4, -0.2) is 30.4 Å². The van der Waals surface area contributed by atoms with Crippen molar-refractivity contribution in [3.8, 4) is 0 Å². The molecule has 0 spiro atoms. The van der Waals surface area contributed by atoms with Crippen molar-refractivity contribution in [1.29, 1.82) is 0 Å². The van der Waals surface area contributed by atoms with Gasteiger partial charge in [-0.2, -0.15) is 0 Å². The molecule has 1 amide bonds. The van der Waals surface area contributed by atoms with Gasteiger partial charge in [0.2, 0.25) is 5.91 Å². The van der Waals surface area contributed by atoms with E-state index in [2.05, 4.69) is 5.32 Å². The van der Waals surface area contributed by atoms with Crippen LogP contribution < -0.4 is 5.32 Å². The zero-order valence-corrected chi connectivity index (χ0v) is 11.7. The molecule has 0 heterocycles. The van der Waals surface area contributed by atoms with E-state index in [0.29, 0.717) is 23.6 Å². The summed E-state index contributed by atoms with van der Waals surface area (Å²) in [5.41, 5.74) is 0.411. The maximum absolute atomic E-state index is 13.8. The standard InChI is InChI=1S/C14H18ClFN2O/c1-17-8-7-14(19)18(10-5-6-10)9-11-12(15)3-2-4-13(11)16/h2-4,10,17H,5-9H2,1H3. The summed E-state index contributed by atoms with van der Waals surface area (Å²) in [6.45, 7) is 0.895. The number of benzene rings is 1. The first-order chi connectivity index (χ1) is 9.13. The van der Waals surface area contributed by atoms with Crippen molar-refractivity contribution >= 4 is 17.5 Å². The molecule has 1 aromatic carbocycles. The van der Waals surface area contributed by atoms with Crippen LogP contribution >= 0.6 is 11.6 Å². The number of carbonyl (C=O) groups is 1. The second-order valence-corrected chi connectivity index (χ2v) is 5.21. The van der Waals surface area contributed by atoms with Gasteiger partial charge in [-0.1, -0.05) is 17.7 Å². The van der Waals surface area contributed by atoms with Crippen molar-refractivity contribution in [3.63, 3.8) is 0 Å². The topological polar surface area (TPSA) is 32.3 Å². The highest BCUT2D eigenvalue weighted by molar-refractivity contribution is 6.31. The second-order valence-electron chi connectivity index (χ2n) is 4.81. The van der Waals surface area contributed by atoms with Gasteiger partial charge in [0.05, 0.1) is 6.54 Å². The first kappa shape index (κ1) is 14.3. The van der Waals surface area contributed by atoms with Crippen LogP contribution in [0.25, 0.3) is 0 Å². The molecule has 0 unspecified atom stereocenters. The first-order valence-corrected chi connectivity index (χ1v) is 6.88. The van der Waals surface area contributed by atoms with Gasteiger partial charge in [0.15, 0.2) is 0 Å². The van der Waals surface area contributed by atoms with Gasteiger partial charge in [-0.25, -0.2) is 4.39 Å². The van der Waals surface area contributed by atoms with Crippen LogP contribution in [0.1, 0.15) is 24.8 Å². The number of nitrogens with one attached hydrogen (secondary N) is 1. The van der Waals surface area contributed by atoms with Crippen LogP contribution in [-0.2, 0) is 11.3 Å². The lowest BCUT2D eigenvalue weighted by molar-refractivity contribution is -0.132. The molecule has 0 aliphatic heterocycles. The van der Waals surface area contributed by atoms with E-state index in [1.165, 1.54) is 6.07 Å². The minimum Gasteiger partial charge on any atom is -0.335 e. The smallest absolute Gasteiger partial charge is 0.224 e. The monoisotopic (exact) mass is 284 g/mol. The van der Waals surface area contributed by atoms with Gasteiger partial charge in [-0.3, -0.25) is 4.79 Å². The lowest BCUT2D eigenvalue weighted by Gasteiger charge is -2.23. The van der Waals surface area contributed by atoms with Crippen molar-refractivity contribution in [2.45, 2.75) is 31.8 Å². The Balaban J connectivity index is 2.10. The number of nitrogens with zero attached hydrogens (tertiary/aromatic N) is 1. The summed E-state index contributed by atoms with van der Waals surface area (Å²) in [7, 11) is 1.81. The lowest BCUT2D eigenvalue weighted by atomic mass is 10.2. The molecule has 1 N–H and O–H groups in total. The van der Waals surface area contributed by atoms with Crippen LogP contribution in [0.4, 0.5) is 4.39 Å². The fourth-order valence-corrected chi connectivity index (χ4v) is 2.26. The van der Waals surface area contributed by atoms with E-state index in [9.17, 15) is 9.18 Å². The largest absolute Gasteiger partial charge is 0.335 e. The summed E-state index contributed by atoms with van der Waals surface area (Å²) in [5.74, 6) is -0.296. The molecule has 0 atom stereocenters. The van der Waals surface area contributed by atoms with Crippen molar-refractivity contribution in [3.05, 3.63) is 34.6 Å². The Kier molecular flexibility index (Phi) is 4.77. The maximum atomic E-state index is 13.8. The highest BCUT2D eigenvalue weighted by atomic mass is 35.5. The highest BCUT2D eigenvalue weighted by Gasteiger charge is 2.32. The van der Waals surface area contributed by atoms with Crippen molar-refractivity contribution in [1.82, 2.24) is 10.2 Å². The second kappa shape index (κ2) is 6.35. The Labute approximate surface area is 117 Å². The predicted molar refractivity (Wildman–Crippen MR) is 73.5 cm³/mol. The van der Waals surface area contributed by atoms with Gasteiger partial charge in [0.1, 0.15) is 5.82 Å². The minimum absolute atomic E-state index is 0.0520. The SMILES string of the molecule is CNCCC(=O)N(Cc1c(F)cccc1Cl)C1CC1. The Hall–Kier alpha value is -1.13. The quantitative estimate of drug-likeness (QED) is 0.871. The molecule has 1 fully saturated rings. The molecule has 1 aliphatic carbocycles. The summed E-state index contributed by atoms with van der Waals surface area (Å²) < 4.78 is 13.8. The van der Waals surface area contributed by atoms with E-state index in [-0.39, 0.29) is 24.3 Å². The summed E-state index contributed by atoms with van der Waals surface area (Å²) in [6, 6.07) is 4.86. The van der Waals surface area contributed by atoms with E-state index in [4.69, 9.17) is 11.6 Å². The van der Waals surface area contributed by atoms with Crippen LogP contribution in [0, 0.1) is 5.82 Å².